The minimum Gasteiger partial charge on any atom is -0.384 e. The van der Waals surface area contributed by atoms with Crippen LogP contribution in [0.15, 0.2) is 18.2 Å². The lowest BCUT2D eigenvalue weighted by molar-refractivity contribution is 0.390. The molecule has 0 amide bonds. The van der Waals surface area contributed by atoms with E-state index in [9.17, 15) is 0 Å². The monoisotopic (exact) mass is 258 g/mol. The molecular formula is C12H16Cl2N2. The lowest BCUT2D eigenvalue weighted by Gasteiger charge is -2.23. The molecule has 0 spiro atoms. The van der Waals surface area contributed by atoms with Crippen LogP contribution in [0.4, 0.5) is 5.69 Å². The Morgan fingerprint density at radius 3 is 2.69 bits per heavy atom. The Kier molecular flexibility index (Phi) is 4.33. The number of anilines is 1. The molecule has 1 aliphatic heterocycles. The zero-order valence-electron chi connectivity index (χ0n) is 9.10. The van der Waals surface area contributed by atoms with E-state index in [-0.39, 0.29) is 0 Å². The normalized spacial score (nSPS) is 17.4. The van der Waals surface area contributed by atoms with Crippen molar-refractivity contribution in [2.45, 2.75) is 12.8 Å². The topological polar surface area (TPSA) is 24.1 Å². The van der Waals surface area contributed by atoms with Crippen LogP contribution in [0.1, 0.15) is 12.8 Å². The van der Waals surface area contributed by atoms with Gasteiger partial charge in [0.1, 0.15) is 0 Å². The molecule has 88 valence electrons. The number of piperidine rings is 1. The molecule has 1 aromatic rings. The molecule has 1 heterocycles. The molecule has 1 aliphatic rings. The van der Waals surface area contributed by atoms with Crippen molar-refractivity contribution in [1.29, 1.82) is 0 Å². The van der Waals surface area contributed by atoms with Crippen LogP contribution in [0, 0.1) is 5.92 Å². The summed E-state index contributed by atoms with van der Waals surface area (Å²) in [5, 5.41) is 8.13. The fraction of sp³-hybridized carbons (Fsp3) is 0.500. The van der Waals surface area contributed by atoms with Gasteiger partial charge >= 0.3 is 0 Å². The van der Waals surface area contributed by atoms with E-state index in [4.69, 9.17) is 23.2 Å². The zero-order chi connectivity index (χ0) is 11.4. The minimum atomic E-state index is 0.678. The molecular weight excluding hydrogens is 243 g/mol. The molecule has 0 saturated carbocycles. The molecule has 0 unspecified atom stereocenters. The fourth-order valence-corrected chi connectivity index (χ4v) is 2.45. The van der Waals surface area contributed by atoms with Crippen molar-refractivity contribution in [2.24, 2.45) is 5.92 Å². The number of nitrogens with one attached hydrogen (secondary N) is 2. The predicted molar refractivity (Wildman–Crippen MR) is 70.5 cm³/mol. The lowest BCUT2D eigenvalue weighted by atomic mass is 9.98. The summed E-state index contributed by atoms with van der Waals surface area (Å²) in [6.07, 6.45) is 2.47. The maximum atomic E-state index is 6.09. The summed E-state index contributed by atoms with van der Waals surface area (Å²) in [7, 11) is 0. The number of halogens is 2. The van der Waals surface area contributed by atoms with Gasteiger partial charge in [0.05, 0.1) is 10.7 Å². The van der Waals surface area contributed by atoms with Crippen LogP contribution < -0.4 is 10.6 Å². The van der Waals surface area contributed by atoms with Gasteiger partial charge in [-0.15, -0.1) is 0 Å². The third kappa shape index (κ3) is 3.27. The summed E-state index contributed by atoms with van der Waals surface area (Å²) < 4.78 is 0. The van der Waals surface area contributed by atoms with Crippen molar-refractivity contribution in [1.82, 2.24) is 5.32 Å². The second-order valence-electron chi connectivity index (χ2n) is 4.20. The second kappa shape index (κ2) is 5.76. The van der Waals surface area contributed by atoms with Gasteiger partial charge in [-0.25, -0.2) is 0 Å². The zero-order valence-corrected chi connectivity index (χ0v) is 10.6. The van der Waals surface area contributed by atoms with Crippen LogP contribution in [-0.2, 0) is 0 Å². The van der Waals surface area contributed by atoms with Crippen molar-refractivity contribution >= 4 is 28.9 Å². The van der Waals surface area contributed by atoms with Crippen LogP contribution in [-0.4, -0.2) is 19.6 Å². The number of benzene rings is 1. The SMILES string of the molecule is Clc1ccc(NCC2CCNCC2)c(Cl)c1. The van der Waals surface area contributed by atoms with Gasteiger partial charge in [-0.2, -0.15) is 0 Å². The summed E-state index contributed by atoms with van der Waals surface area (Å²) in [5.74, 6) is 0.744. The minimum absolute atomic E-state index is 0.678. The van der Waals surface area contributed by atoms with Gasteiger partial charge in [0.25, 0.3) is 0 Å². The first-order chi connectivity index (χ1) is 7.75. The Labute approximate surface area is 106 Å². The first-order valence-electron chi connectivity index (χ1n) is 5.65. The third-order valence-corrected chi connectivity index (χ3v) is 3.52. The van der Waals surface area contributed by atoms with E-state index in [1.807, 2.05) is 12.1 Å². The maximum absolute atomic E-state index is 6.09. The molecule has 0 bridgehead atoms. The third-order valence-electron chi connectivity index (χ3n) is 2.97. The van der Waals surface area contributed by atoms with E-state index in [1.165, 1.54) is 12.8 Å². The Bertz CT molecular complexity index is 349. The molecule has 0 aromatic heterocycles. The van der Waals surface area contributed by atoms with Crippen LogP contribution in [0.5, 0.6) is 0 Å². The van der Waals surface area contributed by atoms with Gasteiger partial charge < -0.3 is 10.6 Å². The van der Waals surface area contributed by atoms with Crippen molar-refractivity contribution in [3.05, 3.63) is 28.2 Å². The van der Waals surface area contributed by atoms with E-state index in [0.29, 0.717) is 10.0 Å². The first-order valence-corrected chi connectivity index (χ1v) is 6.41. The Morgan fingerprint density at radius 1 is 1.25 bits per heavy atom. The number of rotatable bonds is 3. The fourth-order valence-electron chi connectivity index (χ4n) is 1.97. The molecule has 1 aromatic carbocycles. The molecule has 1 saturated heterocycles. The van der Waals surface area contributed by atoms with Gasteiger partial charge in [-0.1, -0.05) is 23.2 Å². The molecule has 0 radical (unpaired) electrons. The summed E-state index contributed by atoms with van der Waals surface area (Å²) in [4.78, 5) is 0. The Hall–Kier alpha value is -0.440. The Morgan fingerprint density at radius 2 is 2.00 bits per heavy atom. The molecule has 0 atom stereocenters. The van der Waals surface area contributed by atoms with Gasteiger partial charge in [-0.3, -0.25) is 0 Å². The lowest BCUT2D eigenvalue weighted by Crippen LogP contribution is -2.31. The number of hydrogen-bond acceptors (Lipinski definition) is 2. The van der Waals surface area contributed by atoms with E-state index < -0.39 is 0 Å². The van der Waals surface area contributed by atoms with Crippen LogP contribution in [0.2, 0.25) is 10.0 Å². The molecule has 2 N–H and O–H groups in total. The highest BCUT2D eigenvalue weighted by Gasteiger charge is 2.12. The Balaban J connectivity index is 1.88. The van der Waals surface area contributed by atoms with Gasteiger partial charge in [-0.05, 0) is 50.0 Å². The standard InChI is InChI=1S/C12H16Cl2N2/c13-10-1-2-12(11(14)7-10)16-8-9-3-5-15-6-4-9/h1-2,7,9,15-16H,3-6,8H2. The van der Waals surface area contributed by atoms with Crippen LogP contribution >= 0.6 is 23.2 Å². The van der Waals surface area contributed by atoms with E-state index in [1.54, 1.807) is 6.07 Å². The molecule has 0 aliphatic carbocycles. The van der Waals surface area contributed by atoms with Gasteiger partial charge in [0, 0.05) is 11.6 Å². The van der Waals surface area contributed by atoms with Crippen LogP contribution in [0.25, 0.3) is 0 Å². The molecule has 4 heteroatoms. The average molecular weight is 259 g/mol. The quantitative estimate of drug-likeness (QED) is 0.869. The van der Waals surface area contributed by atoms with Crippen molar-refractivity contribution in [3.63, 3.8) is 0 Å². The van der Waals surface area contributed by atoms with Crippen LogP contribution in [0.3, 0.4) is 0 Å². The van der Waals surface area contributed by atoms with Crippen molar-refractivity contribution in [3.8, 4) is 0 Å². The highest BCUT2D eigenvalue weighted by atomic mass is 35.5. The highest BCUT2D eigenvalue weighted by molar-refractivity contribution is 6.36. The summed E-state index contributed by atoms with van der Waals surface area (Å²) in [6, 6.07) is 5.57. The molecule has 16 heavy (non-hydrogen) atoms. The highest BCUT2D eigenvalue weighted by Crippen LogP contribution is 2.26. The smallest absolute Gasteiger partial charge is 0.0652 e. The van der Waals surface area contributed by atoms with E-state index in [2.05, 4.69) is 10.6 Å². The first kappa shape index (κ1) is 12.0. The second-order valence-corrected chi connectivity index (χ2v) is 5.04. The average Bonchev–Trinajstić information content (AvgIpc) is 2.29. The maximum Gasteiger partial charge on any atom is 0.0652 e. The van der Waals surface area contributed by atoms with Gasteiger partial charge in [0.15, 0.2) is 0 Å². The van der Waals surface area contributed by atoms with Crippen molar-refractivity contribution < 1.29 is 0 Å². The molecule has 1 fully saturated rings. The predicted octanol–water partition coefficient (Wildman–Crippen LogP) is 3.40. The summed E-state index contributed by atoms with van der Waals surface area (Å²) >= 11 is 11.9. The molecule has 2 rings (SSSR count). The van der Waals surface area contributed by atoms with E-state index in [0.717, 1.165) is 31.2 Å². The summed E-state index contributed by atoms with van der Waals surface area (Å²) in [5.41, 5.74) is 0.976. The number of hydrogen-bond donors (Lipinski definition) is 2. The largest absolute Gasteiger partial charge is 0.384 e. The van der Waals surface area contributed by atoms with Crippen molar-refractivity contribution in [2.75, 3.05) is 25.0 Å². The molecule has 2 nitrogen and oxygen atoms in total. The van der Waals surface area contributed by atoms with E-state index >= 15 is 0 Å². The summed E-state index contributed by atoms with van der Waals surface area (Å²) in [6.45, 7) is 3.24. The van der Waals surface area contributed by atoms with Gasteiger partial charge in [0.2, 0.25) is 0 Å².